The van der Waals surface area contributed by atoms with Crippen LogP contribution in [0.25, 0.3) is 12.2 Å². The number of pyridine rings is 1. The maximum Gasteiger partial charge on any atom is 0.234 e. The Hall–Kier alpha value is -3.72. The second kappa shape index (κ2) is 10.1. The monoisotopic (exact) mass is 447 g/mol. The van der Waals surface area contributed by atoms with Crippen LogP contribution in [-0.4, -0.2) is 24.9 Å². The van der Waals surface area contributed by atoms with E-state index in [1.165, 1.54) is 17.0 Å². The molecule has 0 aliphatic carbocycles. The van der Waals surface area contributed by atoms with Crippen molar-refractivity contribution in [3.63, 3.8) is 0 Å². The standard InChI is InChI=1S/C23H22FN7S/c1-15(2)19-14-27-23(32-19)31-22-29-20(7-6-16-4-3-5-18(24)12-16)28-21(30-22)26-13-17-8-10-25-11-9-17/h3-12,14-15H,13H2,1-2H3,(H2,26,27,28,29,30,31). The third-order valence-electron chi connectivity index (χ3n) is 4.44. The van der Waals surface area contributed by atoms with Gasteiger partial charge in [0.15, 0.2) is 11.0 Å². The van der Waals surface area contributed by atoms with Crippen molar-refractivity contribution < 1.29 is 4.39 Å². The first-order valence-corrected chi connectivity index (χ1v) is 10.9. The summed E-state index contributed by atoms with van der Waals surface area (Å²) in [5.74, 6) is 1.32. The number of anilines is 3. The molecular weight excluding hydrogens is 425 g/mol. The van der Waals surface area contributed by atoms with E-state index in [0.717, 1.165) is 5.56 Å². The highest BCUT2D eigenvalue weighted by atomic mass is 32.1. The molecule has 0 saturated heterocycles. The molecular formula is C23H22FN7S. The Morgan fingerprint density at radius 1 is 1.03 bits per heavy atom. The largest absolute Gasteiger partial charge is 0.350 e. The number of benzene rings is 1. The normalized spacial score (nSPS) is 11.2. The molecule has 0 bridgehead atoms. The van der Waals surface area contributed by atoms with Gasteiger partial charge in [0, 0.05) is 30.0 Å². The number of nitrogens with zero attached hydrogens (tertiary/aromatic N) is 5. The van der Waals surface area contributed by atoms with Crippen LogP contribution in [0.1, 0.15) is 41.6 Å². The number of aromatic nitrogens is 5. The van der Waals surface area contributed by atoms with E-state index in [-0.39, 0.29) is 5.82 Å². The van der Waals surface area contributed by atoms with E-state index in [0.29, 0.717) is 40.9 Å². The van der Waals surface area contributed by atoms with Crippen molar-refractivity contribution in [3.8, 4) is 0 Å². The second-order valence-electron chi connectivity index (χ2n) is 7.29. The highest BCUT2D eigenvalue weighted by molar-refractivity contribution is 7.15. The number of hydrogen-bond acceptors (Lipinski definition) is 8. The molecule has 0 atom stereocenters. The van der Waals surface area contributed by atoms with Gasteiger partial charge < -0.3 is 5.32 Å². The van der Waals surface area contributed by atoms with Crippen molar-refractivity contribution in [2.45, 2.75) is 26.3 Å². The van der Waals surface area contributed by atoms with Gasteiger partial charge in [-0.05, 0) is 47.4 Å². The molecule has 162 valence electrons. The van der Waals surface area contributed by atoms with E-state index in [2.05, 4.69) is 49.4 Å². The van der Waals surface area contributed by atoms with Gasteiger partial charge in [-0.1, -0.05) is 32.1 Å². The van der Waals surface area contributed by atoms with Crippen molar-refractivity contribution >= 4 is 40.5 Å². The summed E-state index contributed by atoms with van der Waals surface area (Å²) in [6.45, 7) is 4.78. The smallest absolute Gasteiger partial charge is 0.234 e. The molecule has 0 fully saturated rings. The van der Waals surface area contributed by atoms with Crippen LogP contribution in [0.4, 0.5) is 21.4 Å². The average Bonchev–Trinajstić information content (AvgIpc) is 3.26. The first-order chi connectivity index (χ1) is 15.5. The summed E-state index contributed by atoms with van der Waals surface area (Å²) in [5, 5.41) is 7.09. The van der Waals surface area contributed by atoms with Crippen LogP contribution in [0.3, 0.4) is 0 Å². The number of hydrogen-bond donors (Lipinski definition) is 2. The lowest BCUT2D eigenvalue weighted by Gasteiger charge is -2.08. The number of rotatable bonds is 8. The number of thiazole rings is 1. The van der Waals surface area contributed by atoms with Gasteiger partial charge in [-0.15, -0.1) is 11.3 Å². The predicted molar refractivity (Wildman–Crippen MR) is 126 cm³/mol. The van der Waals surface area contributed by atoms with E-state index >= 15 is 0 Å². The highest BCUT2D eigenvalue weighted by Crippen LogP contribution is 2.27. The molecule has 1 aromatic carbocycles. The van der Waals surface area contributed by atoms with Crippen LogP contribution >= 0.6 is 11.3 Å². The molecule has 0 radical (unpaired) electrons. The first kappa shape index (κ1) is 21.5. The zero-order chi connectivity index (χ0) is 22.3. The average molecular weight is 448 g/mol. The van der Waals surface area contributed by atoms with Gasteiger partial charge in [0.2, 0.25) is 11.9 Å². The molecule has 0 unspecified atom stereocenters. The zero-order valence-corrected chi connectivity index (χ0v) is 18.5. The Morgan fingerprint density at radius 2 is 1.84 bits per heavy atom. The van der Waals surface area contributed by atoms with Gasteiger partial charge in [0.05, 0.1) is 0 Å². The maximum atomic E-state index is 13.5. The van der Waals surface area contributed by atoms with Crippen LogP contribution in [-0.2, 0) is 6.54 Å². The summed E-state index contributed by atoms with van der Waals surface area (Å²) in [6.07, 6.45) is 8.81. The third-order valence-corrected chi connectivity index (χ3v) is 5.65. The number of nitrogens with one attached hydrogen (secondary N) is 2. The summed E-state index contributed by atoms with van der Waals surface area (Å²) < 4.78 is 13.5. The quantitative estimate of drug-likeness (QED) is 0.368. The molecule has 4 rings (SSSR count). The fourth-order valence-electron chi connectivity index (χ4n) is 2.77. The second-order valence-corrected chi connectivity index (χ2v) is 8.35. The number of halogens is 1. The van der Waals surface area contributed by atoms with Crippen LogP contribution in [0.5, 0.6) is 0 Å². The minimum absolute atomic E-state index is 0.297. The van der Waals surface area contributed by atoms with Gasteiger partial charge in [-0.25, -0.2) is 9.37 Å². The summed E-state index contributed by atoms with van der Waals surface area (Å²) in [5.41, 5.74) is 1.76. The molecule has 3 heterocycles. The minimum Gasteiger partial charge on any atom is -0.350 e. The van der Waals surface area contributed by atoms with Gasteiger partial charge >= 0.3 is 0 Å². The molecule has 0 aliphatic rings. The first-order valence-electron chi connectivity index (χ1n) is 10.1. The van der Waals surface area contributed by atoms with Crippen molar-refractivity contribution in [2.75, 3.05) is 10.6 Å². The fourth-order valence-corrected chi connectivity index (χ4v) is 3.58. The van der Waals surface area contributed by atoms with E-state index in [1.807, 2.05) is 24.4 Å². The lowest BCUT2D eigenvalue weighted by Crippen LogP contribution is -2.08. The molecule has 32 heavy (non-hydrogen) atoms. The van der Waals surface area contributed by atoms with E-state index in [9.17, 15) is 4.39 Å². The lowest BCUT2D eigenvalue weighted by atomic mass is 10.2. The summed E-state index contributed by atoms with van der Waals surface area (Å²) in [7, 11) is 0. The molecule has 3 aromatic heterocycles. The topological polar surface area (TPSA) is 88.5 Å². The summed E-state index contributed by atoms with van der Waals surface area (Å²) in [4.78, 5) is 23.0. The molecule has 0 spiro atoms. The van der Waals surface area contributed by atoms with Crippen LogP contribution in [0, 0.1) is 5.82 Å². The van der Waals surface area contributed by atoms with Gasteiger partial charge in [0.1, 0.15) is 5.82 Å². The molecule has 0 amide bonds. The van der Waals surface area contributed by atoms with E-state index in [1.54, 1.807) is 41.9 Å². The Bertz CT molecular complexity index is 1210. The van der Waals surface area contributed by atoms with Crippen LogP contribution in [0.2, 0.25) is 0 Å². The van der Waals surface area contributed by atoms with Crippen LogP contribution < -0.4 is 10.6 Å². The Morgan fingerprint density at radius 3 is 2.59 bits per heavy atom. The minimum atomic E-state index is -0.297. The molecule has 0 saturated carbocycles. The van der Waals surface area contributed by atoms with Crippen molar-refractivity contribution in [1.29, 1.82) is 0 Å². The van der Waals surface area contributed by atoms with E-state index < -0.39 is 0 Å². The summed E-state index contributed by atoms with van der Waals surface area (Å²) in [6, 6.07) is 10.2. The van der Waals surface area contributed by atoms with Gasteiger partial charge in [-0.3, -0.25) is 10.3 Å². The third kappa shape index (κ3) is 5.92. The van der Waals surface area contributed by atoms with E-state index in [4.69, 9.17) is 0 Å². The molecule has 2 N–H and O–H groups in total. The van der Waals surface area contributed by atoms with Crippen LogP contribution in [0.15, 0.2) is 55.0 Å². The van der Waals surface area contributed by atoms with Crippen molar-refractivity contribution in [2.24, 2.45) is 0 Å². The van der Waals surface area contributed by atoms with Crippen molar-refractivity contribution in [3.05, 3.63) is 82.6 Å². The maximum absolute atomic E-state index is 13.5. The summed E-state index contributed by atoms with van der Waals surface area (Å²) >= 11 is 1.56. The van der Waals surface area contributed by atoms with Gasteiger partial charge in [-0.2, -0.15) is 15.0 Å². The van der Waals surface area contributed by atoms with Gasteiger partial charge in [0.25, 0.3) is 0 Å². The SMILES string of the molecule is CC(C)c1cnc(Nc2nc(C=Cc3cccc(F)c3)nc(NCc3ccncc3)n2)s1. The molecule has 4 aromatic rings. The zero-order valence-electron chi connectivity index (χ0n) is 17.7. The molecule has 0 aliphatic heterocycles. The Kier molecular flexibility index (Phi) is 6.76. The molecule has 7 nitrogen and oxygen atoms in total. The lowest BCUT2D eigenvalue weighted by molar-refractivity contribution is 0.627. The Labute approximate surface area is 189 Å². The predicted octanol–water partition coefficient (Wildman–Crippen LogP) is 5.51. The fraction of sp³-hybridized carbons (Fsp3) is 0.174. The Balaban J connectivity index is 1.59. The highest BCUT2D eigenvalue weighted by Gasteiger charge is 2.10. The van der Waals surface area contributed by atoms with Crippen molar-refractivity contribution in [1.82, 2.24) is 24.9 Å². The molecule has 9 heteroatoms.